The average molecular weight is 269 g/mol. The lowest BCUT2D eigenvalue weighted by Crippen LogP contribution is -2.15. The van der Waals surface area contributed by atoms with Crippen LogP contribution in [0.25, 0.3) is 0 Å². The summed E-state index contributed by atoms with van der Waals surface area (Å²) in [6, 6.07) is 4.36. The SMILES string of the molecule is CCCCOC(=O)COc1cc(F)cc(CNC)c1. The van der Waals surface area contributed by atoms with Crippen molar-refractivity contribution in [3.05, 3.63) is 29.6 Å². The van der Waals surface area contributed by atoms with E-state index in [4.69, 9.17) is 9.47 Å². The quantitative estimate of drug-likeness (QED) is 0.581. The van der Waals surface area contributed by atoms with E-state index in [2.05, 4.69) is 5.32 Å². The summed E-state index contributed by atoms with van der Waals surface area (Å²) in [5.41, 5.74) is 0.761. The fourth-order valence-corrected chi connectivity index (χ4v) is 1.52. The Kier molecular flexibility index (Phi) is 6.89. The molecule has 0 aliphatic heterocycles. The maximum atomic E-state index is 13.3. The first kappa shape index (κ1) is 15.4. The van der Waals surface area contributed by atoms with Crippen LogP contribution in [0, 0.1) is 5.82 Å². The molecular formula is C14H20FNO3. The van der Waals surface area contributed by atoms with Crippen LogP contribution in [0.4, 0.5) is 4.39 Å². The predicted octanol–water partition coefficient (Wildman–Crippen LogP) is 2.27. The zero-order chi connectivity index (χ0) is 14.1. The normalized spacial score (nSPS) is 10.3. The molecule has 19 heavy (non-hydrogen) atoms. The van der Waals surface area contributed by atoms with Gasteiger partial charge in [-0.2, -0.15) is 0 Å². The molecule has 0 radical (unpaired) electrons. The summed E-state index contributed by atoms with van der Waals surface area (Å²) in [6.45, 7) is 2.74. The maximum absolute atomic E-state index is 13.3. The van der Waals surface area contributed by atoms with Gasteiger partial charge in [-0.3, -0.25) is 0 Å². The molecule has 0 fully saturated rings. The highest BCUT2D eigenvalue weighted by Gasteiger charge is 2.06. The van der Waals surface area contributed by atoms with Crippen molar-refractivity contribution >= 4 is 5.97 Å². The molecule has 0 spiro atoms. The van der Waals surface area contributed by atoms with E-state index in [-0.39, 0.29) is 12.4 Å². The second kappa shape index (κ2) is 8.48. The van der Waals surface area contributed by atoms with Crippen LogP contribution in [-0.4, -0.2) is 26.2 Å². The van der Waals surface area contributed by atoms with Crippen molar-refractivity contribution in [1.82, 2.24) is 5.32 Å². The van der Waals surface area contributed by atoms with Crippen molar-refractivity contribution in [3.8, 4) is 5.75 Å². The number of carbonyl (C=O) groups is 1. The summed E-state index contributed by atoms with van der Waals surface area (Å²) >= 11 is 0. The van der Waals surface area contributed by atoms with E-state index >= 15 is 0 Å². The molecule has 0 aliphatic carbocycles. The predicted molar refractivity (Wildman–Crippen MR) is 70.5 cm³/mol. The molecule has 0 heterocycles. The third-order valence-electron chi connectivity index (χ3n) is 2.43. The van der Waals surface area contributed by atoms with Crippen LogP contribution in [0.1, 0.15) is 25.3 Å². The Bertz CT molecular complexity index is 410. The van der Waals surface area contributed by atoms with E-state index < -0.39 is 5.97 Å². The number of nitrogens with one attached hydrogen (secondary N) is 1. The second-order valence-corrected chi connectivity index (χ2v) is 4.19. The summed E-state index contributed by atoms with van der Waals surface area (Å²) in [6.07, 6.45) is 1.80. The largest absolute Gasteiger partial charge is 0.482 e. The Morgan fingerprint density at radius 2 is 2.16 bits per heavy atom. The third-order valence-corrected chi connectivity index (χ3v) is 2.43. The van der Waals surface area contributed by atoms with Gasteiger partial charge in [0, 0.05) is 12.6 Å². The van der Waals surface area contributed by atoms with Gasteiger partial charge in [-0.05, 0) is 31.2 Å². The molecule has 106 valence electrons. The van der Waals surface area contributed by atoms with Gasteiger partial charge in [0.2, 0.25) is 0 Å². The Morgan fingerprint density at radius 1 is 1.37 bits per heavy atom. The van der Waals surface area contributed by atoms with E-state index in [1.54, 1.807) is 13.1 Å². The van der Waals surface area contributed by atoms with Crippen molar-refractivity contribution < 1.29 is 18.7 Å². The van der Waals surface area contributed by atoms with Gasteiger partial charge in [0.05, 0.1) is 6.61 Å². The molecule has 1 aromatic rings. The van der Waals surface area contributed by atoms with Crippen molar-refractivity contribution in [2.24, 2.45) is 0 Å². The van der Waals surface area contributed by atoms with Crippen LogP contribution in [0.3, 0.4) is 0 Å². The molecule has 0 unspecified atom stereocenters. The highest BCUT2D eigenvalue weighted by Crippen LogP contribution is 2.16. The molecule has 1 rings (SSSR count). The lowest BCUT2D eigenvalue weighted by atomic mass is 10.2. The molecule has 0 aromatic heterocycles. The highest BCUT2D eigenvalue weighted by atomic mass is 19.1. The number of esters is 1. The number of unbranched alkanes of at least 4 members (excludes halogenated alkanes) is 1. The second-order valence-electron chi connectivity index (χ2n) is 4.19. The molecule has 5 heteroatoms. The number of benzene rings is 1. The third kappa shape index (κ3) is 6.20. The minimum atomic E-state index is -0.437. The average Bonchev–Trinajstić information content (AvgIpc) is 2.36. The Morgan fingerprint density at radius 3 is 2.84 bits per heavy atom. The molecule has 0 amide bonds. The van der Waals surface area contributed by atoms with Crippen LogP contribution in [0.2, 0.25) is 0 Å². The molecule has 0 atom stereocenters. The first-order valence-corrected chi connectivity index (χ1v) is 6.38. The monoisotopic (exact) mass is 269 g/mol. The summed E-state index contributed by atoms with van der Waals surface area (Å²) in [5, 5.41) is 2.92. The van der Waals surface area contributed by atoms with Crippen LogP contribution in [-0.2, 0) is 16.1 Å². The molecule has 1 N–H and O–H groups in total. The van der Waals surface area contributed by atoms with E-state index in [0.717, 1.165) is 18.4 Å². The van der Waals surface area contributed by atoms with E-state index in [0.29, 0.717) is 18.9 Å². The van der Waals surface area contributed by atoms with Crippen molar-refractivity contribution in [1.29, 1.82) is 0 Å². The summed E-state index contributed by atoms with van der Waals surface area (Å²) in [7, 11) is 1.77. The van der Waals surface area contributed by atoms with Gasteiger partial charge in [0.15, 0.2) is 6.61 Å². The van der Waals surface area contributed by atoms with Crippen LogP contribution >= 0.6 is 0 Å². The molecule has 1 aromatic carbocycles. The number of halogens is 1. The van der Waals surface area contributed by atoms with Crippen molar-refractivity contribution in [2.75, 3.05) is 20.3 Å². The van der Waals surface area contributed by atoms with E-state index in [1.165, 1.54) is 12.1 Å². The van der Waals surface area contributed by atoms with Gasteiger partial charge in [0.25, 0.3) is 0 Å². The van der Waals surface area contributed by atoms with Crippen molar-refractivity contribution in [2.45, 2.75) is 26.3 Å². The number of hydrogen-bond acceptors (Lipinski definition) is 4. The molecule has 0 saturated carbocycles. The zero-order valence-electron chi connectivity index (χ0n) is 11.4. The molecular weight excluding hydrogens is 249 g/mol. The summed E-state index contributed by atoms with van der Waals surface area (Å²) < 4.78 is 23.5. The van der Waals surface area contributed by atoms with Crippen LogP contribution in [0.15, 0.2) is 18.2 Å². The minimum absolute atomic E-state index is 0.202. The Balaban J connectivity index is 2.45. The zero-order valence-corrected chi connectivity index (χ0v) is 11.4. The van der Waals surface area contributed by atoms with Gasteiger partial charge in [-0.25, -0.2) is 9.18 Å². The first-order chi connectivity index (χ1) is 9.15. The number of rotatable bonds is 8. The van der Waals surface area contributed by atoms with Crippen molar-refractivity contribution in [3.63, 3.8) is 0 Å². The summed E-state index contributed by atoms with van der Waals surface area (Å²) in [4.78, 5) is 11.3. The topological polar surface area (TPSA) is 47.6 Å². The minimum Gasteiger partial charge on any atom is -0.482 e. The number of hydrogen-bond donors (Lipinski definition) is 1. The molecule has 0 bridgehead atoms. The van der Waals surface area contributed by atoms with Crippen LogP contribution < -0.4 is 10.1 Å². The number of ether oxygens (including phenoxy) is 2. The smallest absolute Gasteiger partial charge is 0.344 e. The van der Waals surface area contributed by atoms with Gasteiger partial charge in [-0.1, -0.05) is 13.3 Å². The number of carbonyl (C=O) groups excluding carboxylic acids is 1. The summed E-state index contributed by atoms with van der Waals surface area (Å²) in [5.74, 6) is -0.493. The van der Waals surface area contributed by atoms with Gasteiger partial charge in [-0.15, -0.1) is 0 Å². The standard InChI is InChI=1S/C14H20FNO3/c1-3-4-5-18-14(17)10-19-13-7-11(9-16-2)6-12(15)8-13/h6-8,16H,3-5,9-10H2,1-2H3. The lowest BCUT2D eigenvalue weighted by molar-refractivity contribution is -0.146. The maximum Gasteiger partial charge on any atom is 0.344 e. The fourth-order valence-electron chi connectivity index (χ4n) is 1.52. The van der Waals surface area contributed by atoms with Gasteiger partial charge < -0.3 is 14.8 Å². The highest BCUT2D eigenvalue weighted by molar-refractivity contribution is 5.71. The fraction of sp³-hybridized carbons (Fsp3) is 0.500. The first-order valence-electron chi connectivity index (χ1n) is 6.38. The Hall–Kier alpha value is -1.62. The molecule has 4 nitrogen and oxygen atoms in total. The molecule has 0 aliphatic rings. The van der Waals surface area contributed by atoms with E-state index in [9.17, 15) is 9.18 Å². The molecule has 0 saturated heterocycles. The van der Waals surface area contributed by atoms with Crippen LogP contribution in [0.5, 0.6) is 5.75 Å². The lowest BCUT2D eigenvalue weighted by Gasteiger charge is -2.08. The Labute approximate surface area is 112 Å². The van der Waals surface area contributed by atoms with Gasteiger partial charge in [0.1, 0.15) is 11.6 Å². The van der Waals surface area contributed by atoms with Gasteiger partial charge >= 0.3 is 5.97 Å². The van der Waals surface area contributed by atoms with E-state index in [1.807, 2.05) is 6.92 Å².